The van der Waals surface area contributed by atoms with E-state index in [2.05, 4.69) is 5.92 Å². The number of hydrogen-bond acceptors (Lipinski definition) is 2. The molecule has 0 fully saturated rings. The minimum absolute atomic E-state index is 0.136. The van der Waals surface area contributed by atoms with Gasteiger partial charge in [-0.15, -0.1) is 12.3 Å². The second kappa shape index (κ2) is 6.04. The molecule has 0 radical (unpaired) electrons. The zero-order valence-electron chi connectivity index (χ0n) is 6.99. The average molecular weight is 190 g/mol. The highest BCUT2D eigenvalue weighted by molar-refractivity contribution is 7.85. The number of unbranched alkanes of at least 4 members (excludes halogenated alkanes) is 4. The van der Waals surface area contributed by atoms with E-state index in [0.29, 0.717) is 6.42 Å². The molecule has 3 nitrogen and oxygen atoms in total. The molecule has 0 spiro atoms. The monoisotopic (exact) mass is 190 g/mol. The van der Waals surface area contributed by atoms with Crippen LogP contribution in [0.4, 0.5) is 0 Å². The van der Waals surface area contributed by atoms with Crippen molar-refractivity contribution < 1.29 is 13.0 Å². The van der Waals surface area contributed by atoms with Crippen LogP contribution in [-0.4, -0.2) is 18.7 Å². The highest BCUT2D eigenvalue weighted by Gasteiger charge is 2.02. The molecule has 0 aliphatic rings. The first-order valence-corrected chi connectivity index (χ1v) is 5.56. The van der Waals surface area contributed by atoms with E-state index in [1.807, 2.05) is 0 Å². The maximum Gasteiger partial charge on any atom is 0.264 e. The molecule has 0 atom stereocenters. The molecule has 1 N–H and O–H groups in total. The molecule has 0 aromatic rings. The standard InChI is InChI=1S/C8H14O3S/c1-2-3-4-5-6-7-8-12(9,10)11/h1H,3-8H2,(H,9,10,11). The van der Waals surface area contributed by atoms with Gasteiger partial charge in [0.05, 0.1) is 5.75 Å². The van der Waals surface area contributed by atoms with E-state index in [9.17, 15) is 8.42 Å². The fraction of sp³-hybridized carbons (Fsp3) is 0.750. The Hall–Kier alpha value is -0.530. The predicted octanol–water partition coefficient (Wildman–Crippen LogP) is 1.46. The summed E-state index contributed by atoms with van der Waals surface area (Å²) in [5.41, 5.74) is 0. The summed E-state index contributed by atoms with van der Waals surface area (Å²) in [7, 11) is -3.76. The Morgan fingerprint density at radius 2 is 1.75 bits per heavy atom. The molecule has 0 aromatic carbocycles. The molecule has 0 saturated heterocycles. The van der Waals surface area contributed by atoms with Crippen molar-refractivity contribution in [2.75, 3.05) is 5.75 Å². The Morgan fingerprint density at radius 1 is 1.17 bits per heavy atom. The van der Waals surface area contributed by atoms with Crippen LogP contribution < -0.4 is 0 Å². The predicted molar refractivity (Wildman–Crippen MR) is 48.3 cm³/mol. The molecule has 70 valence electrons. The van der Waals surface area contributed by atoms with Crippen molar-refractivity contribution in [1.82, 2.24) is 0 Å². The normalized spacial score (nSPS) is 11.0. The van der Waals surface area contributed by atoms with Gasteiger partial charge in [0.15, 0.2) is 0 Å². The molecule has 0 aliphatic heterocycles. The molecule has 0 aromatic heterocycles. The van der Waals surface area contributed by atoms with Crippen molar-refractivity contribution >= 4 is 10.1 Å². The Morgan fingerprint density at radius 3 is 2.25 bits per heavy atom. The van der Waals surface area contributed by atoms with Gasteiger partial charge in [-0.2, -0.15) is 8.42 Å². The summed E-state index contributed by atoms with van der Waals surface area (Å²) in [6, 6.07) is 0. The summed E-state index contributed by atoms with van der Waals surface area (Å²) < 4.78 is 28.8. The molecule has 0 amide bonds. The Balaban J connectivity index is 3.18. The molecule has 0 bridgehead atoms. The zero-order valence-corrected chi connectivity index (χ0v) is 7.81. The summed E-state index contributed by atoms with van der Waals surface area (Å²) in [6.07, 6.45) is 8.96. The van der Waals surface area contributed by atoms with Crippen LogP contribution in [0.3, 0.4) is 0 Å². The Labute approximate surface area is 73.9 Å². The van der Waals surface area contributed by atoms with Gasteiger partial charge in [-0.1, -0.05) is 12.8 Å². The lowest BCUT2D eigenvalue weighted by Gasteiger charge is -1.96. The van der Waals surface area contributed by atoms with Crippen molar-refractivity contribution in [1.29, 1.82) is 0 Å². The van der Waals surface area contributed by atoms with E-state index in [1.165, 1.54) is 0 Å². The van der Waals surface area contributed by atoms with Crippen LogP contribution in [0.25, 0.3) is 0 Å². The van der Waals surface area contributed by atoms with Crippen molar-refractivity contribution in [3.8, 4) is 12.3 Å². The van der Waals surface area contributed by atoms with E-state index in [-0.39, 0.29) is 5.75 Å². The summed E-state index contributed by atoms with van der Waals surface area (Å²) in [5, 5.41) is 0. The third kappa shape index (κ3) is 9.47. The topological polar surface area (TPSA) is 54.4 Å². The molecule has 0 saturated carbocycles. The van der Waals surface area contributed by atoms with Gasteiger partial charge in [-0.3, -0.25) is 4.55 Å². The van der Waals surface area contributed by atoms with E-state index in [1.54, 1.807) is 0 Å². The summed E-state index contributed by atoms with van der Waals surface area (Å²) >= 11 is 0. The molecule has 0 rings (SSSR count). The van der Waals surface area contributed by atoms with Crippen molar-refractivity contribution in [2.45, 2.75) is 32.1 Å². The summed E-state index contributed by atoms with van der Waals surface area (Å²) in [6.45, 7) is 0. The smallest absolute Gasteiger partial charge is 0.264 e. The number of terminal acetylenes is 1. The maximum absolute atomic E-state index is 10.2. The van der Waals surface area contributed by atoms with Crippen LogP contribution in [-0.2, 0) is 10.1 Å². The number of hydrogen-bond donors (Lipinski definition) is 1. The first kappa shape index (κ1) is 11.5. The van der Waals surface area contributed by atoms with Crippen LogP contribution in [0.2, 0.25) is 0 Å². The van der Waals surface area contributed by atoms with Crippen molar-refractivity contribution in [3.63, 3.8) is 0 Å². The van der Waals surface area contributed by atoms with Crippen LogP contribution in [0.15, 0.2) is 0 Å². The lowest BCUT2D eigenvalue weighted by molar-refractivity contribution is 0.479. The highest BCUT2D eigenvalue weighted by Crippen LogP contribution is 2.03. The second-order valence-electron chi connectivity index (χ2n) is 2.65. The largest absolute Gasteiger partial charge is 0.286 e. The molecular weight excluding hydrogens is 176 g/mol. The Kier molecular flexibility index (Phi) is 5.77. The third-order valence-electron chi connectivity index (χ3n) is 1.47. The fourth-order valence-electron chi connectivity index (χ4n) is 0.865. The van der Waals surface area contributed by atoms with E-state index >= 15 is 0 Å². The molecule has 0 heterocycles. The van der Waals surface area contributed by atoms with Gasteiger partial charge < -0.3 is 0 Å². The van der Waals surface area contributed by atoms with Crippen LogP contribution in [0.1, 0.15) is 32.1 Å². The van der Waals surface area contributed by atoms with Gasteiger partial charge in [0.2, 0.25) is 0 Å². The van der Waals surface area contributed by atoms with Crippen LogP contribution in [0.5, 0.6) is 0 Å². The van der Waals surface area contributed by atoms with Gasteiger partial charge in [0.1, 0.15) is 0 Å². The minimum atomic E-state index is -3.76. The first-order valence-electron chi connectivity index (χ1n) is 3.95. The van der Waals surface area contributed by atoms with Crippen LogP contribution >= 0.6 is 0 Å². The second-order valence-corrected chi connectivity index (χ2v) is 4.23. The van der Waals surface area contributed by atoms with Gasteiger partial charge in [0.25, 0.3) is 10.1 Å². The fourth-order valence-corrected chi connectivity index (χ4v) is 1.43. The quantitative estimate of drug-likeness (QED) is 0.392. The first-order chi connectivity index (χ1) is 5.56. The molecule has 4 heteroatoms. The summed E-state index contributed by atoms with van der Waals surface area (Å²) in [5.74, 6) is 2.37. The van der Waals surface area contributed by atoms with Crippen molar-refractivity contribution in [2.24, 2.45) is 0 Å². The van der Waals surface area contributed by atoms with E-state index < -0.39 is 10.1 Å². The van der Waals surface area contributed by atoms with Gasteiger partial charge in [0, 0.05) is 6.42 Å². The van der Waals surface area contributed by atoms with E-state index in [4.69, 9.17) is 11.0 Å². The third-order valence-corrected chi connectivity index (χ3v) is 2.28. The minimum Gasteiger partial charge on any atom is -0.286 e. The molecule has 0 aliphatic carbocycles. The average Bonchev–Trinajstić information content (AvgIpc) is 1.94. The molecular formula is C8H14O3S. The van der Waals surface area contributed by atoms with Gasteiger partial charge in [-0.25, -0.2) is 0 Å². The highest BCUT2D eigenvalue weighted by atomic mass is 32.2. The summed E-state index contributed by atoms with van der Waals surface area (Å²) in [4.78, 5) is 0. The lowest BCUT2D eigenvalue weighted by atomic mass is 10.2. The van der Waals surface area contributed by atoms with Crippen molar-refractivity contribution in [3.05, 3.63) is 0 Å². The van der Waals surface area contributed by atoms with Crippen LogP contribution in [0, 0.1) is 12.3 Å². The molecule has 0 unspecified atom stereocenters. The maximum atomic E-state index is 10.2. The van der Waals surface area contributed by atoms with Gasteiger partial charge >= 0.3 is 0 Å². The van der Waals surface area contributed by atoms with E-state index in [0.717, 1.165) is 25.7 Å². The number of rotatable bonds is 6. The Bertz CT molecular complexity index is 236. The SMILES string of the molecule is C#CCCCCCCS(=O)(=O)O. The zero-order chi connectivity index (χ0) is 9.45. The molecule has 12 heavy (non-hydrogen) atoms. The van der Waals surface area contributed by atoms with Gasteiger partial charge in [-0.05, 0) is 12.8 Å². The lowest BCUT2D eigenvalue weighted by Crippen LogP contribution is -2.03.